The second-order valence-corrected chi connectivity index (χ2v) is 6.65. The van der Waals surface area contributed by atoms with Crippen molar-refractivity contribution in [3.63, 3.8) is 0 Å². The molecule has 2 aromatic carbocycles. The Bertz CT molecular complexity index is 849. The van der Waals surface area contributed by atoms with Crippen molar-refractivity contribution in [1.29, 1.82) is 0 Å². The molecule has 2 atom stereocenters. The molecule has 0 spiro atoms. The summed E-state index contributed by atoms with van der Waals surface area (Å²) in [6.07, 6.45) is 1.35. The number of aliphatic hydroxyl groups is 1. The molecule has 0 radical (unpaired) electrons. The largest absolute Gasteiger partial charge is 0.491 e. The summed E-state index contributed by atoms with van der Waals surface area (Å²) in [7, 11) is 0. The zero-order valence-corrected chi connectivity index (χ0v) is 16.9. The van der Waals surface area contributed by atoms with Crippen molar-refractivity contribution < 1.29 is 29.4 Å². The van der Waals surface area contributed by atoms with Crippen LogP contribution in [0.1, 0.15) is 24.2 Å². The van der Waals surface area contributed by atoms with Crippen LogP contribution in [0.3, 0.4) is 0 Å². The molecule has 2 amide bonds. The highest BCUT2D eigenvalue weighted by atomic mass is 16.6. The van der Waals surface area contributed by atoms with Gasteiger partial charge in [-0.25, -0.2) is 10.3 Å². The lowest BCUT2D eigenvalue weighted by molar-refractivity contribution is -0.124. The zero-order chi connectivity index (χ0) is 21.9. The lowest BCUT2D eigenvalue weighted by Crippen LogP contribution is -2.22. The Morgan fingerprint density at radius 3 is 2.37 bits per heavy atom. The van der Waals surface area contributed by atoms with E-state index in [-0.39, 0.29) is 19.1 Å². The zero-order valence-electron chi connectivity index (χ0n) is 16.9. The molecule has 8 nitrogen and oxygen atoms in total. The lowest BCUT2D eigenvalue weighted by atomic mass is 9.96. The van der Waals surface area contributed by atoms with Crippen molar-refractivity contribution in [3.05, 3.63) is 71.8 Å². The smallest absolute Gasteiger partial charge is 0.412 e. The van der Waals surface area contributed by atoms with Crippen LogP contribution in [0.2, 0.25) is 0 Å². The van der Waals surface area contributed by atoms with Gasteiger partial charge in [0, 0.05) is 17.7 Å². The maximum absolute atomic E-state index is 12.5. The molecule has 0 bridgehead atoms. The van der Waals surface area contributed by atoms with Gasteiger partial charge in [-0.15, -0.1) is 0 Å². The number of carbonyl (C=O) groups is 2. The van der Waals surface area contributed by atoms with Gasteiger partial charge in [-0.3, -0.25) is 15.3 Å². The summed E-state index contributed by atoms with van der Waals surface area (Å²) in [5.74, 6) is -0.494. The number of hydroxylamine groups is 1. The predicted molar refractivity (Wildman–Crippen MR) is 111 cm³/mol. The number of aliphatic hydroxyl groups excluding tert-OH is 1. The lowest BCUT2D eigenvalue weighted by Gasteiger charge is -2.23. The van der Waals surface area contributed by atoms with Gasteiger partial charge in [0.25, 0.3) is 5.91 Å². The number of ether oxygens (including phenoxy) is 2. The molecule has 30 heavy (non-hydrogen) atoms. The number of anilines is 1. The summed E-state index contributed by atoms with van der Waals surface area (Å²) < 4.78 is 11.0. The number of hydrogen-bond acceptors (Lipinski definition) is 6. The number of hydrogen-bond donors (Lipinski definition) is 4. The normalized spacial score (nSPS) is 12.8. The highest BCUT2D eigenvalue weighted by molar-refractivity contribution is 5.86. The second-order valence-electron chi connectivity index (χ2n) is 6.65. The van der Waals surface area contributed by atoms with Crippen molar-refractivity contribution in [1.82, 2.24) is 5.48 Å². The SMILES string of the molecule is Cc1ccc(NC(=O)O[C@@H](c2ccc(OCCO)cc2)[C@@H](C)/C=C/C(=O)NO)cc1. The molecule has 0 heterocycles. The fourth-order valence-corrected chi connectivity index (χ4v) is 2.67. The molecule has 0 unspecified atom stereocenters. The maximum atomic E-state index is 12.5. The molecule has 0 aliphatic heterocycles. The van der Waals surface area contributed by atoms with Gasteiger partial charge in [0.1, 0.15) is 18.5 Å². The Morgan fingerprint density at radius 1 is 1.10 bits per heavy atom. The van der Waals surface area contributed by atoms with Crippen LogP contribution in [-0.2, 0) is 9.53 Å². The third kappa shape index (κ3) is 7.23. The van der Waals surface area contributed by atoms with Gasteiger partial charge in [-0.1, -0.05) is 42.8 Å². The van der Waals surface area contributed by atoms with Crippen molar-refractivity contribution >= 4 is 17.7 Å². The van der Waals surface area contributed by atoms with E-state index < -0.39 is 18.1 Å². The van der Waals surface area contributed by atoms with Gasteiger partial charge in [0.05, 0.1) is 6.61 Å². The van der Waals surface area contributed by atoms with E-state index in [0.717, 1.165) is 11.6 Å². The monoisotopic (exact) mass is 414 g/mol. The predicted octanol–water partition coefficient (Wildman–Crippen LogP) is 3.35. The van der Waals surface area contributed by atoms with E-state index >= 15 is 0 Å². The first-order chi connectivity index (χ1) is 14.4. The molecule has 2 rings (SSSR count). The fraction of sp³-hybridized carbons (Fsp3) is 0.273. The number of amides is 2. The van der Waals surface area contributed by atoms with Crippen molar-refractivity contribution in [2.75, 3.05) is 18.5 Å². The van der Waals surface area contributed by atoms with Crippen LogP contribution in [0, 0.1) is 12.8 Å². The number of rotatable bonds is 9. The average Bonchev–Trinajstić information content (AvgIpc) is 2.76. The fourth-order valence-electron chi connectivity index (χ4n) is 2.67. The van der Waals surface area contributed by atoms with Gasteiger partial charge < -0.3 is 14.6 Å². The summed E-state index contributed by atoms with van der Waals surface area (Å²) in [6.45, 7) is 3.80. The molecule has 0 saturated carbocycles. The topological polar surface area (TPSA) is 117 Å². The molecule has 0 aromatic heterocycles. The van der Waals surface area contributed by atoms with Crippen molar-refractivity contribution in [2.45, 2.75) is 20.0 Å². The summed E-state index contributed by atoms with van der Waals surface area (Å²) in [5.41, 5.74) is 3.87. The first-order valence-electron chi connectivity index (χ1n) is 9.43. The molecule has 8 heteroatoms. The van der Waals surface area contributed by atoms with Crippen LogP contribution in [0.15, 0.2) is 60.7 Å². The summed E-state index contributed by atoms with van der Waals surface area (Å²) in [6, 6.07) is 14.2. The minimum Gasteiger partial charge on any atom is -0.491 e. The molecule has 0 aliphatic rings. The standard InChI is InChI=1S/C22H26N2O6/c1-15-3-8-18(9-4-15)23-22(27)30-21(16(2)5-12-20(26)24-28)17-6-10-19(11-7-17)29-14-13-25/h3-12,16,21,25,28H,13-14H2,1-2H3,(H,23,27)(H,24,26)/b12-5+/t16-,21+/m0/s1. The molecule has 160 valence electrons. The first-order valence-corrected chi connectivity index (χ1v) is 9.43. The third-order valence-electron chi connectivity index (χ3n) is 4.24. The van der Waals surface area contributed by atoms with Crippen molar-refractivity contribution in [3.8, 4) is 5.75 Å². The van der Waals surface area contributed by atoms with Gasteiger partial charge >= 0.3 is 6.09 Å². The summed E-state index contributed by atoms with van der Waals surface area (Å²) >= 11 is 0. The van der Waals surface area contributed by atoms with E-state index in [1.807, 2.05) is 19.1 Å². The molecule has 2 aromatic rings. The highest BCUT2D eigenvalue weighted by Crippen LogP contribution is 2.29. The highest BCUT2D eigenvalue weighted by Gasteiger charge is 2.22. The quantitative estimate of drug-likeness (QED) is 0.284. The Labute approximate surface area is 175 Å². The Morgan fingerprint density at radius 2 is 1.77 bits per heavy atom. The van der Waals surface area contributed by atoms with Crippen LogP contribution in [0.5, 0.6) is 5.75 Å². The van der Waals surface area contributed by atoms with E-state index in [2.05, 4.69) is 5.32 Å². The van der Waals surface area contributed by atoms with Gasteiger partial charge in [-0.2, -0.15) is 0 Å². The Hall–Kier alpha value is -3.36. The first kappa shape index (κ1) is 22.9. The Balaban J connectivity index is 2.17. The second kappa shape index (κ2) is 11.6. The van der Waals surface area contributed by atoms with E-state index in [1.54, 1.807) is 43.3 Å². The molecule has 4 N–H and O–H groups in total. The van der Waals surface area contributed by atoms with E-state index in [4.69, 9.17) is 19.8 Å². The Kier molecular flexibility index (Phi) is 8.86. The van der Waals surface area contributed by atoms with Crippen LogP contribution < -0.4 is 15.5 Å². The number of benzene rings is 2. The molecular weight excluding hydrogens is 388 g/mol. The molecule has 0 aliphatic carbocycles. The number of aryl methyl sites for hydroxylation is 1. The minimum atomic E-state index is -0.704. The van der Waals surface area contributed by atoms with Gasteiger partial charge in [0.2, 0.25) is 0 Å². The van der Waals surface area contributed by atoms with Crippen LogP contribution in [0.4, 0.5) is 10.5 Å². The summed E-state index contributed by atoms with van der Waals surface area (Å²) in [4.78, 5) is 23.8. The third-order valence-corrected chi connectivity index (χ3v) is 4.24. The molecule has 0 saturated heterocycles. The van der Waals surface area contributed by atoms with Gasteiger partial charge in [-0.05, 0) is 36.8 Å². The van der Waals surface area contributed by atoms with Crippen LogP contribution >= 0.6 is 0 Å². The number of carbonyl (C=O) groups excluding carboxylic acids is 2. The van der Waals surface area contributed by atoms with Crippen LogP contribution in [-0.4, -0.2) is 35.5 Å². The van der Waals surface area contributed by atoms with E-state index in [1.165, 1.54) is 11.6 Å². The maximum Gasteiger partial charge on any atom is 0.412 e. The number of nitrogens with one attached hydrogen (secondary N) is 2. The molecule has 0 fully saturated rings. The van der Waals surface area contributed by atoms with E-state index in [9.17, 15) is 9.59 Å². The minimum absolute atomic E-state index is 0.0958. The van der Waals surface area contributed by atoms with Crippen molar-refractivity contribution in [2.24, 2.45) is 5.92 Å². The average molecular weight is 414 g/mol. The summed E-state index contributed by atoms with van der Waals surface area (Å²) in [5, 5.41) is 20.2. The molecular formula is C22H26N2O6. The van der Waals surface area contributed by atoms with Gasteiger partial charge in [0.15, 0.2) is 0 Å². The van der Waals surface area contributed by atoms with Crippen LogP contribution in [0.25, 0.3) is 0 Å². The van der Waals surface area contributed by atoms with E-state index in [0.29, 0.717) is 17.0 Å².